The highest BCUT2D eigenvalue weighted by Crippen LogP contribution is 2.36. The fourth-order valence-corrected chi connectivity index (χ4v) is 3.74. The van der Waals surface area contributed by atoms with Crippen molar-refractivity contribution >= 4 is 33.9 Å². The van der Waals surface area contributed by atoms with Gasteiger partial charge in [-0.2, -0.15) is 0 Å². The van der Waals surface area contributed by atoms with E-state index in [9.17, 15) is 19.7 Å². The number of nitrogens with one attached hydrogen (secondary N) is 1. The molecule has 0 spiro atoms. The zero-order chi connectivity index (χ0) is 20.1. The van der Waals surface area contributed by atoms with Gasteiger partial charge in [-0.25, -0.2) is 4.79 Å². The molecule has 0 saturated carbocycles. The largest absolute Gasteiger partial charge is 0.465 e. The third kappa shape index (κ3) is 4.07. The van der Waals surface area contributed by atoms with Gasteiger partial charge in [-0.3, -0.25) is 14.9 Å². The minimum absolute atomic E-state index is 0.123. The van der Waals surface area contributed by atoms with E-state index in [-0.39, 0.29) is 17.7 Å². The molecular weight excluding hydrogens is 380 g/mol. The molecule has 28 heavy (non-hydrogen) atoms. The van der Waals surface area contributed by atoms with E-state index in [1.54, 1.807) is 17.5 Å². The van der Waals surface area contributed by atoms with Crippen LogP contribution in [0.3, 0.4) is 0 Å². The van der Waals surface area contributed by atoms with E-state index in [0.29, 0.717) is 16.1 Å². The maximum absolute atomic E-state index is 12.5. The number of benzene rings is 2. The number of thiophene rings is 1. The fourth-order valence-electron chi connectivity index (χ4n) is 2.77. The molecule has 0 atom stereocenters. The first-order valence-corrected chi connectivity index (χ1v) is 9.16. The fraction of sp³-hybridized carbons (Fsp3) is 0.100. The number of hydrogen-bond donors (Lipinski definition) is 1. The van der Waals surface area contributed by atoms with E-state index in [4.69, 9.17) is 4.74 Å². The van der Waals surface area contributed by atoms with Crippen LogP contribution in [0.1, 0.15) is 15.9 Å². The molecule has 0 aliphatic rings. The van der Waals surface area contributed by atoms with Crippen LogP contribution < -0.4 is 5.32 Å². The van der Waals surface area contributed by atoms with Gasteiger partial charge in [0.25, 0.3) is 5.69 Å². The number of nitrogens with zero attached hydrogens (tertiary/aromatic N) is 1. The number of esters is 1. The lowest BCUT2D eigenvalue weighted by Gasteiger charge is -2.08. The van der Waals surface area contributed by atoms with Gasteiger partial charge in [0.1, 0.15) is 10.6 Å². The predicted molar refractivity (Wildman–Crippen MR) is 107 cm³/mol. The van der Waals surface area contributed by atoms with Crippen molar-refractivity contribution in [2.75, 3.05) is 12.4 Å². The molecule has 0 bridgehead atoms. The lowest BCUT2D eigenvalue weighted by atomic mass is 10.0. The van der Waals surface area contributed by atoms with Gasteiger partial charge in [0, 0.05) is 22.6 Å². The molecule has 8 heteroatoms. The first kappa shape index (κ1) is 19.2. The quantitative estimate of drug-likeness (QED) is 0.381. The summed E-state index contributed by atoms with van der Waals surface area (Å²) in [4.78, 5) is 35.4. The van der Waals surface area contributed by atoms with E-state index in [1.165, 1.54) is 30.6 Å². The van der Waals surface area contributed by atoms with Crippen LogP contribution >= 0.6 is 11.3 Å². The van der Waals surface area contributed by atoms with Gasteiger partial charge in [-0.05, 0) is 5.56 Å². The average Bonchev–Trinajstić information content (AvgIpc) is 3.11. The van der Waals surface area contributed by atoms with Crippen molar-refractivity contribution in [3.8, 4) is 11.1 Å². The molecule has 142 valence electrons. The second-order valence-corrected chi connectivity index (χ2v) is 6.70. The summed E-state index contributed by atoms with van der Waals surface area (Å²) in [5.74, 6) is -1.03. The average molecular weight is 396 g/mol. The van der Waals surface area contributed by atoms with Crippen molar-refractivity contribution in [1.82, 2.24) is 0 Å². The Labute approximate surface area is 164 Å². The number of hydrogen-bond acceptors (Lipinski definition) is 6. The summed E-state index contributed by atoms with van der Waals surface area (Å²) in [5.41, 5.74) is 1.90. The Hall–Kier alpha value is -3.52. The molecule has 1 aromatic heterocycles. The summed E-state index contributed by atoms with van der Waals surface area (Å²) in [7, 11) is 1.27. The smallest absolute Gasteiger partial charge is 0.341 e. The molecule has 0 aliphatic heterocycles. The molecule has 1 N–H and O–H groups in total. The minimum Gasteiger partial charge on any atom is -0.465 e. The molecular formula is C20H16N2O5S. The molecule has 3 rings (SSSR count). The first-order chi connectivity index (χ1) is 13.5. The molecule has 1 amide bonds. The standard InChI is InChI=1S/C20H16N2O5S/c1-27-20(24)18-15(13-7-3-2-4-8-13)12-28-19(18)21-17(23)11-14-9-5-6-10-16(14)22(25)26/h2-10,12H,11H2,1H3,(H,21,23). The highest BCUT2D eigenvalue weighted by Gasteiger charge is 2.23. The number of nitro groups is 1. The van der Waals surface area contributed by atoms with Crippen molar-refractivity contribution in [3.05, 3.63) is 81.2 Å². The number of ether oxygens (including phenoxy) is 1. The third-order valence-corrected chi connectivity index (χ3v) is 4.95. The third-order valence-electron chi connectivity index (χ3n) is 4.06. The summed E-state index contributed by atoms with van der Waals surface area (Å²) in [6.45, 7) is 0. The van der Waals surface area contributed by atoms with Crippen molar-refractivity contribution in [1.29, 1.82) is 0 Å². The Bertz CT molecular complexity index is 1030. The lowest BCUT2D eigenvalue weighted by molar-refractivity contribution is -0.385. The molecule has 0 unspecified atom stereocenters. The van der Waals surface area contributed by atoms with E-state index >= 15 is 0 Å². The van der Waals surface area contributed by atoms with Crippen molar-refractivity contribution in [2.24, 2.45) is 0 Å². The summed E-state index contributed by atoms with van der Waals surface area (Å²) >= 11 is 1.20. The van der Waals surface area contributed by atoms with Gasteiger partial charge in [0.2, 0.25) is 5.91 Å². The normalized spacial score (nSPS) is 10.3. The summed E-state index contributed by atoms with van der Waals surface area (Å²) < 4.78 is 4.87. The molecule has 0 saturated heterocycles. The summed E-state index contributed by atoms with van der Waals surface area (Å²) in [5, 5.41) is 15.9. The topological polar surface area (TPSA) is 98.5 Å². The van der Waals surface area contributed by atoms with E-state index in [2.05, 4.69) is 5.32 Å². The van der Waals surface area contributed by atoms with Crippen LogP contribution in [0.5, 0.6) is 0 Å². The number of anilines is 1. The molecule has 7 nitrogen and oxygen atoms in total. The number of nitro benzene ring substituents is 1. The van der Waals surface area contributed by atoms with E-state index in [0.717, 1.165) is 5.56 Å². The number of amides is 1. The molecule has 1 heterocycles. The Morgan fingerprint density at radius 1 is 1.11 bits per heavy atom. The summed E-state index contributed by atoms with van der Waals surface area (Å²) in [6.07, 6.45) is -0.184. The molecule has 2 aromatic carbocycles. The van der Waals surface area contributed by atoms with E-state index in [1.807, 2.05) is 30.3 Å². The van der Waals surface area contributed by atoms with Gasteiger partial charge in [0.05, 0.1) is 18.5 Å². The number of para-hydroxylation sites is 1. The second kappa shape index (κ2) is 8.45. The predicted octanol–water partition coefficient (Wildman–Crippen LogP) is 4.29. The van der Waals surface area contributed by atoms with Crippen LogP contribution in [0.2, 0.25) is 0 Å². The van der Waals surface area contributed by atoms with Crippen LogP contribution in [0.25, 0.3) is 11.1 Å². The monoisotopic (exact) mass is 396 g/mol. The van der Waals surface area contributed by atoms with Gasteiger partial charge in [0.15, 0.2) is 0 Å². The van der Waals surface area contributed by atoms with Gasteiger partial charge in [-0.15, -0.1) is 11.3 Å². The van der Waals surface area contributed by atoms with Gasteiger partial charge < -0.3 is 10.1 Å². The van der Waals surface area contributed by atoms with Crippen molar-refractivity contribution < 1.29 is 19.2 Å². The van der Waals surface area contributed by atoms with Gasteiger partial charge in [-0.1, -0.05) is 48.5 Å². The zero-order valence-corrected chi connectivity index (χ0v) is 15.7. The second-order valence-electron chi connectivity index (χ2n) is 5.82. The maximum atomic E-state index is 12.5. The number of methoxy groups -OCH3 is 1. The Kier molecular flexibility index (Phi) is 5.81. The number of carbonyl (C=O) groups is 2. The van der Waals surface area contributed by atoms with E-state index < -0.39 is 16.8 Å². The van der Waals surface area contributed by atoms with Crippen LogP contribution in [0, 0.1) is 10.1 Å². The zero-order valence-electron chi connectivity index (χ0n) is 14.9. The maximum Gasteiger partial charge on any atom is 0.341 e. The number of rotatable bonds is 6. The highest BCUT2D eigenvalue weighted by atomic mass is 32.1. The van der Waals surface area contributed by atoms with Crippen molar-refractivity contribution in [3.63, 3.8) is 0 Å². The van der Waals surface area contributed by atoms with Crippen LogP contribution in [0.4, 0.5) is 10.7 Å². The summed E-state index contributed by atoms with van der Waals surface area (Å²) in [6, 6.07) is 15.3. The molecule has 0 radical (unpaired) electrons. The first-order valence-electron chi connectivity index (χ1n) is 8.28. The van der Waals surface area contributed by atoms with Crippen LogP contribution in [-0.4, -0.2) is 23.9 Å². The number of carbonyl (C=O) groups excluding carboxylic acids is 2. The van der Waals surface area contributed by atoms with Crippen LogP contribution in [0.15, 0.2) is 60.0 Å². The Morgan fingerprint density at radius 2 is 1.79 bits per heavy atom. The SMILES string of the molecule is COC(=O)c1c(-c2ccccc2)csc1NC(=O)Cc1ccccc1[N+](=O)[O-]. The molecule has 0 fully saturated rings. The Balaban J connectivity index is 1.88. The molecule has 3 aromatic rings. The molecule has 0 aliphatic carbocycles. The van der Waals surface area contributed by atoms with Crippen LogP contribution in [-0.2, 0) is 16.0 Å². The van der Waals surface area contributed by atoms with Gasteiger partial charge >= 0.3 is 5.97 Å². The van der Waals surface area contributed by atoms with Crippen molar-refractivity contribution in [2.45, 2.75) is 6.42 Å². The highest BCUT2D eigenvalue weighted by molar-refractivity contribution is 7.15. The Morgan fingerprint density at radius 3 is 2.46 bits per heavy atom. The lowest BCUT2D eigenvalue weighted by Crippen LogP contribution is -2.16. The minimum atomic E-state index is -0.568.